The van der Waals surface area contributed by atoms with Crippen molar-refractivity contribution in [3.8, 4) is 0 Å². The average Bonchev–Trinajstić information content (AvgIpc) is 2.77. The quantitative estimate of drug-likeness (QED) is 0.741. The van der Waals surface area contributed by atoms with Crippen LogP contribution in [0.2, 0.25) is 0 Å². The van der Waals surface area contributed by atoms with E-state index in [-0.39, 0.29) is 17.4 Å². The summed E-state index contributed by atoms with van der Waals surface area (Å²) in [6, 6.07) is 1.95. The Labute approximate surface area is 110 Å². The molecular weight excluding hydrogens is 240 g/mol. The molecule has 2 aliphatic heterocycles. The highest BCUT2D eigenvalue weighted by molar-refractivity contribution is 6.04. The normalized spacial score (nSPS) is 20.7. The Hall–Kier alpha value is -1.97. The Kier molecular flexibility index (Phi) is 2.39. The minimum atomic E-state index is -0.217. The van der Waals surface area contributed by atoms with Gasteiger partial charge < -0.3 is 0 Å². The van der Waals surface area contributed by atoms with Gasteiger partial charge in [-0.3, -0.25) is 14.6 Å². The van der Waals surface area contributed by atoms with Crippen molar-refractivity contribution in [2.24, 2.45) is 10.9 Å². The number of pyridine rings is 1. The maximum absolute atomic E-state index is 12.6. The van der Waals surface area contributed by atoms with E-state index in [2.05, 4.69) is 4.99 Å². The third-order valence-corrected chi connectivity index (χ3v) is 4.12. The van der Waals surface area contributed by atoms with Crippen LogP contribution in [0.15, 0.2) is 15.9 Å². The zero-order valence-corrected chi connectivity index (χ0v) is 11.6. The number of rotatable bonds is 1. The molecule has 0 N–H and O–H groups in total. The summed E-state index contributed by atoms with van der Waals surface area (Å²) in [4.78, 5) is 29.2. The number of hydrogen-bond donors (Lipinski definition) is 0. The van der Waals surface area contributed by atoms with Gasteiger partial charge in [-0.15, -0.1) is 0 Å². The van der Waals surface area contributed by atoms with Gasteiger partial charge >= 0.3 is 0 Å². The highest BCUT2D eigenvalue weighted by atomic mass is 16.2. The van der Waals surface area contributed by atoms with Crippen molar-refractivity contribution in [2.75, 3.05) is 0 Å². The smallest absolute Gasteiger partial charge is 0.267 e. The summed E-state index contributed by atoms with van der Waals surface area (Å²) in [6.07, 6.45) is 0.782. The van der Waals surface area contributed by atoms with Crippen LogP contribution in [0, 0.1) is 5.92 Å². The number of nitrogens with zero attached hydrogens (tertiary/aromatic N) is 2. The van der Waals surface area contributed by atoms with Crippen LogP contribution in [0.4, 0.5) is 0 Å². The Morgan fingerprint density at radius 3 is 2.63 bits per heavy atom. The predicted octanol–water partition coefficient (Wildman–Crippen LogP) is 0.650. The van der Waals surface area contributed by atoms with Crippen molar-refractivity contribution in [3.05, 3.63) is 32.6 Å². The topological polar surface area (TPSA) is 51.4 Å². The summed E-state index contributed by atoms with van der Waals surface area (Å²) >= 11 is 0. The highest BCUT2D eigenvalue weighted by Gasteiger charge is 2.30. The summed E-state index contributed by atoms with van der Waals surface area (Å²) in [6.45, 7) is 7.61. The summed E-state index contributed by atoms with van der Waals surface area (Å²) < 4.78 is 1.33. The van der Waals surface area contributed by atoms with Crippen molar-refractivity contribution < 1.29 is 4.79 Å². The van der Waals surface area contributed by atoms with Gasteiger partial charge in [-0.05, 0) is 38.8 Å². The first kappa shape index (κ1) is 12.1. The molecule has 0 aliphatic carbocycles. The largest absolute Gasteiger partial charge is 0.273 e. The van der Waals surface area contributed by atoms with Gasteiger partial charge in [0.25, 0.3) is 5.56 Å². The van der Waals surface area contributed by atoms with E-state index < -0.39 is 0 Å². The molecule has 0 saturated carbocycles. The molecule has 0 amide bonds. The van der Waals surface area contributed by atoms with Crippen molar-refractivity contribution >= 4 is 22.9 Å². The second-order valence-electron chi connectivity index (χ2n) is 5.18. The van der Waals surface area contributed by atoms with Crippen molar-refractivity contribution in [2.45, 2.75) is 34.1 Å². The lowest BCUT2D eigenvalue weighted by Crippen LogP contribution is -2.46. The second-order valence-corrected chi connectivity index (χ2v) is 5.18. The van der Waals surface area contributed by atoms with Crippen LogP contribution in [-0.4, -0.2) is 16.2 Å². The molecule has 0 spiro atoms. The van der Waals surface area contributed by atoms with Crippen LogP contribution < -0.4 is 16.1 Å². The molecule has 19 heavy (non-hydrogen) atoms. The second kappa shape index (κ2) is 3.76. The fourth-order valence-electron chi connectivity index (χ4n) is 3.12. The number of hydrogen-bond acceptors (Lipinski definition) is 3. The minimum absolute atomic E-state index is 0.114. The lowest BCUT2D eigenvalue weighted by Gasteiger charge is -2.03. The Bertz CT molecular complexity index is 825. The van der Waals surface area contributed by atoms with Crippen LogP contribution >= 0.6 is 0 Å². The molecule has 0 radical (unpaired) electrons. The summed E-state index contributed by atoms with van der Waals surface area (Å²) in [5.41, 5.74) is 3.27. The maximum Gasteiger partial charge on any atom is 0.267 e. The van der Waals surface area contributed by atoms with Crippen molar-refractivity contribution in [1.29, 1.82) is 0 Å². The predicted molar refractivity (Wildman–Crippen MR) is 74.7 cm³/mol. The van der Waals surface area contributed by atoms with Crippen molar-refractivity contribution in [3.63, 3.8) is 0 Å². The Morgan fingerprint density at radius 2 is 2.00 bits per heavy atom. The van der Waals surface area contributed by atoms with Gasteiger partial charge in [-0.2, -0.15) is 0 Å². The number of fused-ring (bicyclic) bond motifs is 2. The third-order valence-electron chi connectivity index (χ3n) is 4.12. The number of carbonyl (C=O) groups excluding carboxylic acids is 1. The molecule has 98 valence electrons. The molecule has 2 aliphatic rings. The summed E-state index contributed by atoms with van der Waals surface area (Å²) in [5, 5.41) is 1.35. The first-order valence-corrected chi connectivity index (χ1v) is 6.57. The van der Waals surface area contributed by atoms with E-state index in [4.69, 9.17) is 0 Å². The van der Waals surface area contributed by atoms with E-state index in [0.717, 1.165) is 28.6 Å². The van der Waals surface area contributed by atoms with Crippen molar-refractivity contribution in [1.82, 2.24) is 4.57 Å². The standard InChI is InChI=1S/C15H16N2O2/c1-5-10-7(2)14(18)17-12(10)6-11-8(3)16-9(4)13(11)15(17)19/h6-7H,5H2,1-4H3. The first-order chi connectivity index (χ1) is 8.97. The Balaban J connectivity index is 2.56. The number of carbonyl (C=O) groups is 1. The molecule has 0 aromatic carbocycles. The molecule has 0 fully saturated rings. The van der Waals surface area contributed by atoms with Crippen LogP contribution in [0.3, 0.4) is 0 Å². The zero-order valence-electron chi connectivity index (χ0n) is 11.6. The highest BCUT2D eigenvalue weighted by Crippen LogP contribution is 2.20. The SMILES string of the molecule is CCC1=c2cc3c(c(=O)n2C(=O)C1C)=C(C)N=C3C. The molecule has 1 aromatic rings. The molecule has 0 bridgehead atoms. The molecule has 3 heterocycles. The average molecular weight is 256 g/mol. The van der Waals surface area contributed by atoms with Gasteiger partial charge in [0.15, 0.2) is 0 Å². The number of aromatic nitrogens is 1. The molecule has 1 aromatic heterocycles. The fraction of sp³-hybridized carbons (Fsp3) is 0.400. The van der Waals surface area contributed by atoms with E-state index in [1.807, 2.05) is 33.8 Å². The van der Waals surface area contributed by atoms with Crippen LogP contribution in [0.1, 0.15) is 44.5 Å². The maximum atomic E-state index is 12.6. The van der Waals surface area contributed by atoms with Crippen LogP contribution in [0.25, 0.3) is 11.3 Å². The third kappa shape index (κ3) is 1.37. The molecule has 4 nitrogen and oxygen atoms in total. The van der Waals surface area contributed by atoms with E-state index in [1.165, 1.54) is 4.57 Å². The minimum Gasteiger partial charge on any atom is -0.273 e. The van der Waals surface area contributed by atoms with E-state index >= 15 is 0 Å². The van der Waals surface area contributed by atoms with E-state index in [9.17, 15) is 9.59 Å². The van der Waals surface area contributed by atoms with Gasteiger partial charge in [0, 0.05) is 11.3 Å². The molecule has 1 unspecified atom stereocenters. The number of aliphatic imine (C=N–C) groups is 1. The molecule has 4 heteroatoms. The van der Waals surface area contributed by atoms with Crippen LogP contribution in [-0.2, 0) is 0 Å². The fourth-order valence-corrected chi connectivity index (χ4v) is 3.12. The first-order valence-electron chi connectivity index (χ1n) is 6.57. The summed E-state index contributed by atoms with van der Waals surface area (Å²) in [7, 11) is 0. The zero-order chi connectivity index (χ0) is 13.9. The Morgan fingerprint density at radius 1 is 1.32 bits per heavy atom. The van der Waals surface area contributed by atoms with Gasteiger partial charge in [-0.1, -0.05) is 6.92 Å². The molecule has 0 saturated heterocycles. The molecule has 3 rings (SSSR count). The van der Waals surface area contributed by atoms with Gasteiger partial charge in [-0.25, -0.2) is 4.57 Å². The monoisotopic (exact) mass is 256 g/mol. The molecular formula is C15H16N2O2. The lowest BCUT2D eigenvalue weighted by molar-refractivity contribution is 0.0879. The van der Waals surface area contributed by atoms with Crippen LogP contribution in [0.5, 0.6) is 0 Å². The lowest BCUT2D eigenvalue weighted by atomic mass is 10.0. The van der Waals surface area contributed by atoms with Gasteiger partial charge in [0.2, 0.25) is 5.91 Å². The van der Waals surface area contributed by atoms with Gasteiger partial charge in [0.1, 0.15) is 0 Å². The van der Waals surface area contributed by atoms with E-state index in [0.29, 0.717) is 10.9 Å². The molecule has 1 atom stereocenters. The van der Waals surface area contributed by atoms with E-state index in [1.54, 1.807) is 0 Å². The summed E-state index contributed by atoms with van der Waals surface area (Å²) in [5.74, 6) is -0.310. The van der Waals surface area contributed by atoms with Gasteiger partial charge in [0.05, 0.1) is 22.2 Å².